The van der Waals surface area contributed by atoms with Gasteiger partial charge in [-0.15, -0.1) is 0 Å². The van der Waals surface area contributed by atoms with E-state index in [1.807, 2.05) is 0 Å². The van der Waals surface area contributed by atoms with Crippen LogP contribution in [0.4, 0.5) is 17.6 Å². The maximum Gasteiger partial charge on any atom is 0.389 e. The molecule has 3 atom stereocenters. The van der Waals surface area contributed by atoms with Crippen LogP contribution in [0.3, 0.4) is 0 Å². The maximum atomic E-state index is 13.8. The summed E-state index contributed by atoms with van der Waals surface area (Å²) in [5.74, 6) is -1.51. The van der Waals surface area contributed by atoms with E-state index >= 15 is 0 Å². The van der Waals surface area contributed by atoms with Crippen molar-refractivity contribution in [1.82, 2.24) is 0 Å². The Bertz CT molecular complexity index is 342. The van der Waals surface area contributed by atoms with E-state index in [1.165, 1.54) is 0 Å². The molecule has 0 amide bonds. The van der Waals surface area contributed by atoms with Crippen molar-refractivity contribution in [3.05, 3.63) is 0 Å². The Morgan fingerprint density at radius 3 is 2.30 bits per heavy atom. The van der Waals surface area contributed by atoms with Gasteiger partial charge in [0.1, 0.15) is 6.17 Å². The predicted molar refractivity (Wildman–Crippen MR) is 67.2 cm³/mol. The molecule has 1 aliphatic carbocycles. The molecule has 0 radical (unpaired) electrons. The predicted octanol–water partition coefficient (Wildman–Crippen LogP) is 4.04. The van der Waals surface area contributed by atoms with Crippen molar-refractivity contribution in [3.8, 4) is 0 Å². The summed E-state index contributed by atoms with van der Waals surface area (Å²) in [6.07, 6.45) is -4.98. The topological polar surface area (TPSA) is 57.5 Å². The Balaban J connectivity index is 2.62. The zero-order valence-corrected chi connectivity index (χ0v) is 12.0. The summed E-state index contributed by atoms with van der Waals surface area (Å²) in [5.41, 5.74) is 0. The fraction of sp³-hybridized carbons (Fsp3) is 1.00. The molecule has 0 saturated heterocycles. The second-order valence-electron chi connectivity index (χ2n) is 5.57. The summed E-state index contributed by atoms with van der Waals surface area (Å²) in [4.78, 5) is 17.5. The highest BCUT2D eigenvalue weighted by Crippen LogP contribution is 2.42. The fourth-order valence-corrected chi connectivity index (χ4v) is 3.56. The average molecular weight is 320 g/mol. The molecule has 2 N–H and O–H groups in total. The zero-order valence-electron chi connectivity index (χ0n) is 11.2. The smallest absolute Gasteiger partial charge is 0.324 e. The van der Waals surface area contributed by atoms with Crippen molar-refractivity contribution in [2.45, 2.75) is 57.3 Å². The molecule has 3 unspecified atom stereocenters. The first-order chi connectivity index (χ1) is 9.08. The van der Waals surface area contributed by atoms with E-state index in [-0.39, 0.29) is 19.3 Å². The highest BCUT2D eigenvalue weighted by Gasteiger charge is 2.39. The lowest BCUT2D eigenvalue weighted by Gasteiger charge is -2.33. The Hall–Kier alpha value is -0.130. The van der Waals surface area contributed by atoms with Gasteiger partial charge in [0, 0.05) is 12.6 Å². The van der Waals surface area contributed by atoms with Crippen LogP contribution in [0.1, 0.15) is 44.9 Å². The summed E-state index contributed by atoms with van der Waals surface area (Å²) < 4.78 is 62.3. The third-order valence-electron chi connectivity index (χ3n) is 3.86. The van der Waals surface area contributed by atoms with Crippen molar-refractivity contribution in [3.63, 3.8) is 0 Å². The molecule has 120 valence electrons. The minimum absolute atomic E-state index is 0.00571. The largest absolute Gasteiger partial charge is 0.389 e. The van der Waals surface area contributed by atoms with Gasteiger partial charge in [-0.1, -0.05) is 12.8 Å². The van der Waals surface area contributed by atoms with E-state index in [9.17, 15) is 22.1 Å². The van der Waals surface area contributed by atoms with E-state index < -0.39 is 44.4 Å². The van der Waals surface area contributed by atoms with Gasteiger partial charge in [-0.25, -0.2) is 4.39 Å². The molecule has 1 aliphatic rings. The normalized spacial score (nSPS) is 26.5. The number of alkyl halides is 4. The molecule has 0 aromatic rings. The standard InChI is InChI=1S/C12H21F4O3P/c13-11-6-2-1-5-10(11)9(8-12(14,15)16)4-3-7-20(17,18)19/h9-11H,1-8H2,(H2,17,18,19). The van der Waals surface area contributed by atoms with Crippen LogP contribution in [0.5, 0.6) is 0 Å². The number of hydrogen-bond donors (Lipinski definition) is 2. The van der Waals surface area contributed by atoms with Crippen LogP contribution in [-0.4, -0.2) is 28.3 Å². The van der Waals surface area contributed by atoms with Gasteiger partial charge in [-0.2, -0.15) is 13.2 Å². The SMILES string of the molecule is O=P(O)(O)CCCC(CC(F)(F)F)C1CCCCC1F. The average Bonchev–Trinajstić information content (AvgIpc) is 2.25. The maximum absolute atomic E-state index is 13.8. The zero-order chi connectivity index (χ0) is 15.4. The quantitative estimate of drug-likeness (QED) is 0.573. The highest BCUT2D eigenvalue weighted by atomic mass is 31.2. The second-order valence-corrected chi connectivity index (χ2v) is 7.35. The van der Waals surface area contributed by atoms with Crippen LogP contribution < -0.4 is 0 Å². The second kappa shape index (κ2) is 7.23. The molecule has 0 aliphatic heterocycles. The van der Waals surface area contributed by atoms with Crippen LogP contribution in [0.2, 0.25) is 0 Å². The highest BCUT2D eigenvalue weighted by molar-refractivity contribution is 7.51. The summed E-state index contributed by atoms with van der Waals surface area (Å²) in [6.45, 7) is 0. The third kappa shape index (κ3) is 7.04. The number of halogens is 4. The van der Waals surface area contributed by atoms with Gasteiger partial charge >= 0.3 is 13.8 Å². The van der Waals surface area contributed by atoms with Gasteiger partial charge in [0.25, 0.3) is 0 Å². The van der Waals surface area contributed by atoms with E-state index in [0.717, 1.165) is 6.42 Å². The molecule has 0 heterocycles. The van der Waals surface area contributed by atoms with Gasteiger partial charge in [-0.3, -0.25) is 4.57 Å². The number of rotatable bonds is 6. The minimum atomic E-state index is -4.37. The Morgan fingerprint density at radius 2 is 1.80 bits per heavy atom. The van der Waals surface area contributed by atoms with Crippen molar-refractivity contribution in [2.24, 2.45) is 11.8 Å². The van der Waals surface area contributed by atoms with Gasteiger partial charge < -0.3 is 9.79 Å². The molecule has 1 saturated carbocycles. The fourth-order valence-electron chi connectivity index (χ4n) is 2.97. The van der Waals surface area contributed by atoms with Crippen LogP contribution in [0, 0.1) is 11.8 Å². The van der Waals surface area contributed by atoms with Gasteiger partial charge in [0.2, 0.25) is 0 Å². The molecule has 0 spiro atoms. The molecule has 0 bridgehead atoms. The summed E-state index contributed by atoms with van der Waals surface area (Å²) in [5, 5.41) is 0. The molecule has 3 nitrogen and oxygen atoms in total. The van der Waals surface area contributed by atoms with Crippen molar-refractivity contribution < 1.29 is 31.9 Å². The van der Waals surface area contributed by atoms with Crippen molar-refractivity contribution in [2.75, 3.05) is 6.16 Å². The number of hydrogen-bond acceptors (Lipinski definition) is 1. The summed E-state index contributed by atoms with van der Waals surface area (Å²) in [6, 6.07) is 0. The first kappa shape index (κ1) is 17.9. The lowest BCUT2D eigenvalue weighted by atomic mass is 9.75. The van der Waals surface area contributed by atoms with Gasteiger partial charge in [-0.05, 0) is 37.5 Å². The summed E-state index contributed by atoms with van der Waals surface area (Å²) in [7, 11) is -4.20. The first-order valence-corrected chi connectivity index (χ1v) is 8.63. The van der Waals surface area contributed by atoms with Crippen molar-refractivity contribution >= 4 is 7.60 Å². The van der Waals surface area contributed by atoms with Crippen LogP contribution in [-0.2, 0) is 4.57 Å². The van der Waals surface area contributed by atoms with E-state index in [1.54, 1.807) is 0 Å². The Morgan fingerprint density at radius 1 is 1.20 bits per heavy atom. The molecule has 20 heavy (non-hydrogen) atoms. The van der Waals surface area contributed by atoms with Gasteiger partial charge in [0.15, 0.2) is 0 Å². The lowest BCUT2D eigenvalue weighted by Crippen LogP contribution is -2.31. The Labute approximate surface area is 115 Å². The Kier molecular flexibility index (Phi) is 6.48. The van der Waals surface area contributed by atoms with Crippen LogP contribution >= 0.6 is 7.60 Å². The van der Waals surface area contributed by atoms with E-state index in [4.69, 9.17) is 9.79 Å². The minimum Gasteiger partial charge on any atom is -0.324 e. The molecule has 8 heteroatoms. The van der Waals surface area contributed by atoms with Crippen LogP contribution in [0.25, 0.3) is 0 Å². The van der Waals surface area contributed by atoms with Crippen LogP contribution in [0.15, 0.2) is 0 Å². The molecule has 1 rings (SSSR count). The first-order valence-electron chi connectivity index (χ1n) is 6.84. The summed E-state index contributed by atoms with van der Waals surface area (Å²) >= 11 is 0. The molecule has 0 aromatic carbocycles. The molecule has 1 fully saturated rings. The van der Waals surface area contributed by atoms with Gasteiger partial charge in [0.05, 0.1) is 0 Å². The van der Waals surface area contributed by atoms with E-state index in [2.05, 4.69) is 0 Å². The lowest BCUT2D eigenvalue weighted by molar-refractivity contribution is -0.152. The molecule has 0 aromatic heterocycles. The van der Waals surface area contributed by atoms with Crippen molar-refractivity contribution in [1.29, 1.82) is 0 Å². The van der Waals surface area contributed by atoms with E-state index in [0.29, 0.717) is 12.8 Å². The molecular weight excluding hydrogens is 299 g/mol. The third-order valence-corrected chi connectivity index (χ3v) is 4.75. The molecular formula is C12H21F4O3P. The monoisotopic (exact) mass is 320 g/mol.